The van der Waals surface area contributed by atoms with Gasteiger partial charge in [-0.2, -0.15) is 0 Å². The zero-order chi connectivity index (χ0) is 63.8. The molecule has 11 amide bonds. The Hall–Kier alpha value is -6.89. The summed E-state index contributed by atoms with van der Waals surface area (Å²) in [5.74, 6) is -9.45. The highest BCUT2D eigenvalue weighted by molar-refractivity contribution is 5.99. The second kappa shape index (κ2) is 39.7. The lowest BCUT2D eigenvalue weighted by Crippen LogP contribution is -2.62. The molecule has 0 aliphatic carbocycles. The molecule has 0 saturated carbocycles. The van der Waals surface area contributed by atoms with Gasteiger partial charge in [-0.1, -0.05) is 77.3 Å². The topological polar surface area (TPSA) is 491 Å². The monoisotopic (exact) mass is 1200 g/mol. The molecule has 0 spiro atoms. The summed E-state index contributed by atoms with van der Waals surface area (Å²) < 4.78 is 0. The van der Waals surface area contributed by atoms with Crippen LogP contribution in [0.15, 0.2) is 30.3 Å². The fraction of sp³-hybridized carbons (Fsp3) is 0.696. The molecule has 0 aromatic heterocycles. The van der Waals surface area contributed by atoms with E-state index < -0.39 is 151 Å². The molecule has 1 fully saturated rings. The van der Waals surface area contributed by atoms with Crippen LogP contribution in [0.25, 0.3) is 0 Å². The van der Waals surface area contributed by atoms with Gasteiger partial charge in [0.15, 0.2) is 0 Å². The van der Waals surface area contributed by atoms with Gasteiger partial charge in [0.25, 0.3) is 0 Å². The summed E-state index contributed by atoms with van der Waals surface area (Å²) in [5, 5.41) is 49.7. The maximum atomic E-state index is 14.5. The molecule has 1 heterocycles. The van der Waals surface area contributed by atoms with E-state index in [1.54, 1.807) is 44.2 Å². The maximum absolute atomic E-state index is 14.5. The van der Waals surface area contributed by atoms with Crippen LogP contribution in [0.4, 0.5) is 0 Å². The van der Waals surface area contributed by atoms with Crippen molar-refractivity contribution in [2.75, 3.05) is 39.3 Å². The van der Waals surface area contributed by atoms with Crippen molar-refractivity contribution in [3.63, 3.8) is 0 Å². The van der Waals surface area contributed by atoms with E-state index in [4.69, 9.17) is 28.7 Å². The van der Waals surface area contributed by atoms with Gasteiger partial charge in [-0.15, -0.1) is 0 Å². The summed E-state index contributed by atoms with van der Waals surface area (Å²) in [5.41, 5.74) is 29.9. The molecule has 1 aliphatic heterocycles. The highest BCUT2D eigenvalue weighted by Crippen LogP contribution is 2.14. The molecule has 2 rings (SSSR count). The van der Waals surface area contributed by atoms with Crippen molar-refractivity contribution in [2.24, 2.45) is 40.5 Å². The summed E-state index contributed by atoms with van der Waals surface area (Å²) in [4.78, 5) is 154. The summed E-state index contributed by atoms with van der Waals surface area (Å²) in [6.07, 6.45) is -1.05. The van der Waals surface area contributed by atoms with Crippen LogP contribution in [-0.2, 0) is 59.2 Å². The second-order valence-corrected chi connectivity index (χ2v) is 22.0. The Balaban J connectivity index is 2.67. The molecule has 13 atom stereocenters. The van der Waals surface area contributed by atoms with Gasteiger partial charge in [-0.05, 0) is 115 Å². The van der Waals surface area contributed by atoms with Gasteiger partial charge in [-0.25, -0.2) is 0 Å². The third kappa shape index (κ3) is 26.9. The van der Waals surface area contributed by atoms with Crippen LogP contribution in [0.5, 0.6) is 0 Å². The molecule has 0 bridgehead atoms. The molecular weight excluding hydrogens is 1100 g/mol. The smallest absolute Gasteiger partial charge is 0.245 e. The molecular formula is C56H98N16O13. The number of rotatable bonds is 29. The number of benzene rings is 1. The lowest BCUT2D eigenvalue weighted by Gasteiger charge is -2.29. The van der Waals surface area contributed by atoms with Crippen LogP contribution < -0.4 is 87.2 Å². The Morgan fingerprint density at radius 1 is 0.565 bits per heavy atom. The lowest BCUT2D eigenvalue weighted by molar-refractivity contribution is -0.137. The van der Waals surface area contributed by atoms with Crippen LogP contribution in [0.2, 0.25) is 0 Å². The zero-order valence-corrected chi connectivity index (χ0v) is 50.2. The van der Waals surface area contributed by atoms with Gasteiger partial charge >= 0.3 is 0 Å². The number of nitrogens with one attached hydrogen (secondary N) is 11. The number of aliphatic hydroxyl groups excluding tert-OH is 2. The number of carbonyl (C=O) groups is 11. The molecule has 1 aromatic rings. The van der Waals surface area contributed by atoms with E-state index >= 15 is 0 Å². The van der Waals surface area contributed by atoms with Gasteiger partial charge in [0.05, 0.1) is 12.2 Å². The van der Waals surface area contributed by atoms with Gasteiger partial charge in [0.2, 0.25) is 65.0 Å². The number of hydrogen-bond acceptors (Lipinski definition) is 18. The zero-order valence-electron chi connectivity index (χ0n) is 50.2. The SMILES string of the molecule is CCC(C)CCCCC(=O)N[C@H](CCN)C(=O)NC(C(=O)N[C@H](CCN)C(=O)NC1CCNC(=O)C(C(C)O)NC(=O)[C@H](CCN)NC(=O)[C@H](CCN)NC(=O)[C@@H](CC(C)C)NC(=O)[C@@H](Cc2ccccc2)NC(=O)C(CCN)NC1=O)[C@@H](C)O. The highest BCUT2D eigenvalue weighted by atomic mass is 16.3. The lowest BCUT2D eigenvalue weighted by atomic mass is 10.00. The minimum atomic E-state index is -1.70. The van der Waals surface area contributed by atoms with Crippen molar-refractivity contribution in [3.05, 3.63) is 35.9 Å². The highest BCUT2D eigenvalue weighted by Gasteiger charge is 2.37. The Bertz CT molecular complexity index is 2320. The summed E-state index contributed by atoms with van der Waals surface area (Å²) in [6, 6.07) is -6.23. The number of hydrogen-bond donors (Lipinski definition) is 18. The third-order valence-electron chi connectivity index (χ3n) is 14.3. The average Bonchev–Trinajstić information content (AvgIpc) is 3.67. The van der Waals surface area contributed by atoms with Crippen molar-refractivity contribution < 1.29 is 63.0 Å². The molecule has 29 nitrogen and oxygen atoms in total. The molecule has 0 radical (unpaired) electrons. The van der Waals surface area contributed by atoms with E-state index in [0.717, 1.165) is 19.3 Å². The number of amides is 11. The van der Waals surface area contributed by atoms with Crippen LogP contribution in [0.3, 0.4) is 0 Å². The average molecular weight is 1200 g/mol. The summed E-state index contributed by atoms with van der Waals surface area (Å²) >= 11 is 0. The van der Waals surface area contributed by atoms with E-state index in [2.05, 4.69) is 72.3 Å². The van der Waals surface area contributed by atoms with Crippen molar-refractivity contribution in [3.8, 4) is 0 Å². The normalized spacial score (nSPS) is 22.9. The molecule has 29 heteroatoms. The summed E-state index contributed by atoms with van der Waals surface area (Å²) in [6.45, 7) is 9.00. The van der Waals surface area contributed by atoms with Crippen LogP contribution in [0.1, 0.15) is 124 Å². The fourth-order valence-electron chi connectivity index (χ4n) is 9.12. The van der Waals surface area contributed by atoms with Crippen molar-refractivity contribution in [2.45, 2.75) is 198 Å². The Morgan fingerprint density at radius 2 is 1.06 bits per heavy atom. The van der Waals surface area contributed by atoms with Gasteiger partial charge < -0.3 is 97.4 Å². The number of unbranched alkanes of at least 4 members (excludes halogenated alkanes) is 1. The van der Waals surface area contributed by atoms with E-state index in [9.17, 15) is 63.0 Å². The van der Waals surface area contributed by atoms with Crippen molar-refractivity contribution in [1.82, 2.24) is 58.5 Å². The third-order valence-corrected chi connectivity index (χ3v) is 14.3. The summed E-state index contributed by atoms with van der Waals surface area (Å²) in [7, 11) is 0. The van der Waals surface area contributed by atoms with Crippen molar-refractivity contribution in [1.29, 1.82) is 0 Å². The quantitative estimate of drug-likeness (QED) is 0.0333. The van der Waals surface area contributed by atoms with Gasteiger partial charge in [0.1, 0.15) is 60.4 Å². The number of nitrogens with two attached hydrogens (primary N) is 5. The predicted octanol–water partition coefficient (Wildman–Crippen LogP) is -5.24. The second-order valence-electron chi connectivity index (χ2n) is 22.0. The maximum Gasteiger partial charge on any atom is 0.245 e. The first kappa shape index (κ1) is 74.2. The number of carbonyl (C=O) groups excluding carboxylic acids is 11. The molecule has 85 heavy (non-hydrogen) atoms. The molecule has 480 valence electrons. The van der Waals surface area contributed by atoms with Crippen LogP contribution >= 0.6 is 0 Å². The Labute approximate surface area is 498 Å². The van der Waals surface area contributed by atoms with Gasteiger partial charge in [-0.3, -0.25) is 52.7 Å². The van der Waals surface area contributed by atoms with Crippen LogP contribution in [0, 0.1) is 11.8 Å². The minimum absolute atomic E-state index is 0.0173. The minimum Gasteiger partial charge on any atom is -0.391 e. The Kier molecular flexibility index (Phi) is 34.6. The number of aliphatic hydroxyl groups is 2. The first-order valence-corrected chi connectivity index (χ1v) is 29.5. The first-order chi connectivity index (χ1) is 40.3. The largest absolute Gasteiger partial charge is 0.391 e. The van der Waals surface area contributed by atoms with E-state index in [1.165, 1.54) is 13.8 Å². The van der Waals surface area contributed by atoms with Crippen molar-refractivity contribution >= 4 is 65.0 Å². The molecule has 23 N–H and O–H groups in total. The molecule has 6 unspecified atom stereocenters. The van der Waals surface area contributed by atoms with E-state index in [-0.39, 0.29) is 90.0 Å². The standard InChI is InChI=1S/C56H98N16O13/c1-7-32(4)13-11-12-16-44(75)63-36(17-23-57)51(80)72-46(34(6)74)56(85)68-39(20-26-60)48(77)67-41-22-28-62-55(84)45(33(5)73)71-52(81)40(21-27-61)65-47(76)37(18-24-58)66-53(82)42(29-31(2)3)69-54(83)43(30-35-14-9-8-10-15-35)70-49(78)38(19-25-59)64-50(41)79/h8-10,14-15,31-34,36-43,45-46,73-74H,7,11-13,16-30,57-61H2,1-6H3,(H,62,84)(H,63,75)(H,64,79)(H,65,76)(H,66,82)(H,67,77)(H,68,85)(H,69,83)(H,70,78)(H,71,81)(H,72,80)/t32?,33?,34-,36-,37+,38?,39-,40+,41?,42-,43-,45?,46?/m1/s1. The van der Waals surface area contributed by atoms with Crippen LogP contribution in [-0.4, -0.2) is 187 Å². The molecule has 1 aliphatic rings. The Morgan fingerprint density at radius 3 is 1.56 bits per heavy atom. The van der Waals surface area contributed by atoms with E-state index in [1.807, 2.05) is 0 Å². The molecule has 1 saturated heterocycles. The molecule has 1 aromatic carbocycles. The first-order valence-electron chi connectivity index (χ1n) is 29.5. The fourth-order valence-corrected chi connectivity index (χ4v) is 9.12. The van der Waals surface area contributed by atoms with Gasteiger partial charge in [0, 0.05) is 19.4 Å². The van der Waals surface area contributed by atoms with E-state index in [0.29, 0.717) is 17.9 Å². The predicted molar refractivity (Wildman–Crippen MR) is 316 cm³/mol.